The van der Waals surface area contributed by atoms with Crippen LogP contribution < -0.4 is 5.32 Å². The lowest BCUT2D eigenvalue weighted by Crippen LogP contribution is -2.25. The monoisotopic (exact) mass is 312 g/mol. The minimum absolute atomic E-state index is 0.209. The van der Waals surface area contributed by atoms with E-state index >= 15 is 0 Å². The lowest BCUT2D eigenvalue weighted by Gasteiger charge is -2.11. The standard InChI is InChI=1S/C17H16N2O2S/c1-2-11-7-8-14(18-10-11)13-6-4-3-5-12(13)9-15-16(20)19-17(21)22-15/h3-8,10,15H,2,9H2,1H3,(H,19,20,21). The molecule has 0 spiro atoms. The van der Waals surface area contributed by atoms with Gasteiger partial charge in [-0.05, 0) is 30.0 Å². The zero-order valence-corrected chi connectivity index (χ0v) is 13.0. The van der Waals surface area contributed by atoms with Gasteiger partial charge in [0.2, 0.25) is 5.91 Å². The summed E-state index contributed by atoms with van der Waals surface area (Å²) >= 11 is 1.06. The van der Waals surface area contributed by atoms with Crippen molar-refractivity contribution < 1.29 is 9.59 Å². The Bertz CT molecular complexity index is 713. The van der Waals surface area contributed by atoms with E-state index in [-0.39, 0.29) is 16.4 Å². The topological polar surface area (TPSA) is 59.1 Å². The first kappa shape index (κ1) is 14.8. The average Bonchev–Trinajstić information content (AvgIpc) is 2.86. The van der Waals surface area contributed by atoms with Gasteiger partial charge in [0.05, 0.1) is 10.9 Å². The molecular formula is C17H16N2O2S. The van der Waals surface area contributed by atoms with Crippen molar-refractivity contribution in [1.82, 2.24) is 10.3 Å². The number of rotatable bonds is 4. The van der Waals surface area contributed by atoms with E-state index in [0.29, 0.717) is 6.42 Å². The number of amides is 2. The maximum absolute atomic E-state index is 11.8. The first-order valence-electron chi connectivity index (χ1n) is 7.22. The maximum atomic E-state index is 11.8. The Morgan fingerprint density at radius 3 is 2.64 bits per heavy atom. The van der Waals surface area contributed by atoms with E-state index in [1.54, 1.807) is 0 Å². The van der Waals surface area contributed by atoms with Crippen LogP contribution in [0, 0.1) is 0 Å². The highest BCUT2D eigenvalue weighted by molar-refractivity contribution is 8.15. The van der Waals surface area contributed by atoms with Gasteiger partial charge in [0.15, 0.2) is 0 Å². The first-order valence-corrected chi connectivity index (χ1v) is 8.10. The van der Waals surface area contributed by atoms with Crippen LogP contribution >= 0.6 is 11.8 Å². The van der Waals surface area contributed by atoms with Crippen LogP contribution in [0.15, 0.2) is 42.6 Å². The molecule has 3 rings (SSSR count). The van der Waals surface area contributed by atoms with Gasteiger partial charge in [0.25, 0.3) is 5.24 Å². The molecular weight excluding hydrogens is 296 g/mol. The molecule has 5 heteroatoms. The lowest BCUT2D eigenvalue weighted by atomic mass is 9.99. The number of imide groups is 1. The fraction of sp³-hybridized carbons (Fsp3) is 0.235. The minimum Gasteiger partial charge on any atom is -0.286 e. The van der Waals surface area contributed by atoms with Gasteiger partial charge >= 0.3 is 0 Å². The zero-order chi connectivity index (χ0) is 15.5. The van der Waals surface area contributed by atoms with E-state index in [9.17, 15) is 9.59 Å². The van der Waals surface area contributed by atoms with Crippen molar-refractivity contribution >= 4 is 22.9 Å². The number of hydrogen-bond acceptors (Lipinski definition) is 4. The number of carbonyl (C=O) groups excluding carboxylic acids is 2. The molecule has 1 aromatic heterocycles. The van der Waals surface area contributed by atoms with Gasteiger partial charge in [-0.2, -0.15) is 0 Å². The highest BCUT2D eigenvalue weighted by Gasteiger charge is 2.32. The van der Waals surface area contributed by atoms with E-state index in [4.69, 9.17) is 0 Å². The highest BCUT2D eigenvalue weighted by Crippen LogP contribution is 2.28. The predicted octanol–water partition coefficient (Wildman–Crippen LogP) is 3.21. The van der Waals surface area contributed by atoms with E-state index in [1.165, 1.54) is 5.56 Å². The minimum atomic E-state index is -0.358. The summed E-state index contributed by atoms with van der Waals surface area (Å²) < 4.78 is 0. The number of nitrogens with zero attached hydrogens (tertiary/aromatic N) is 1. The van der Waals surface area contributed by atoms with Crippen molar-refractivity contribution in [3.63, 3.8) is 0 Å². The summed E-state index contributed by atoms with van der Waals surface area (Å²) in [5.41, 5.74) is 4.12. The predicted molar refractivity (Wildman–Crippen MR) is 87.7 cm³/mol. The van der Waals surface area contributed by atoms with Crippen LogP contribution in [0.25, 0.3) is 11.3 Å². The van der Waals surface area contributed by atoms with Crippen LogP contribution in [0.5, 0.6) is 0 Å². The molecule has 1 aliphatic heterocycles. The van der Waals surface area contributed by atoms with Crippen LogP contribution in [0.2, 0.25) is 0 Å². The molecule has 0 bridgehead atoms. The third-order valence-electron chi connectivity index (χ3n) is 3.70. The Kier molecular flexibility index (Phi) is 4.24. The molecule has 1 aliphatic rings. The van der Waals surface area contributed by atoms with Crippen LogP contribution in [-0.2, 0) is 17.6 Å². The van der Waals surface area contributed by atoms with Crippen molar-refractivity contribution in [1.29, 1.82) is 0 Å². The number of carbonyl (C=O) groups is 2. The summed E-state index contributed by atoms with van der Waals surface area (Å²) in [6.45, 7) is 2.09. The molecule has 22 heavy (non-hydrogen) atoms. The maximum Gasteiger partial charge on any atom is 0.286 e. The van der Waals surface area contributed by atoms with Crippen molar-refractivity contribution in [2.45, 2.75) is 25.0 Å². The highest BCUT2D eigenvalue weighted by atomic mass is 32.2. The lowest BCUT2D eigenvalue weighted by molar-refractivity contribution is -0.118. The van der Waals surface area contributed by atoms with Gasteiger partial charge < -0.3 is 0 Å². The second kappa shape index (κ2) is 6.32. The van der Waals surface area contributed by atoms with E-state index in [0.717, 1.165) is 35.0 Å². The van der Waals surface area contributed by atoms with Crippen molar-refractivity contribution in [2.75, 3.05) is 0 Å². The van der Waals surface area contributed by atoms with Crippen molar-refractivity contribution in [3.8, 4) is 11.3 Å². The largest absolute Gasteiger partial charge is 0.286 e. The van der Waals surface area contributed by atoms with Gasteiger partial charge in [-0.1, -0.05) is 49.0 Å². The molecule has 1 aromatic carbocycles. The average molecular weight is 312 g/mol. The number of nitrogens with one attached hydrogen (secondary N) is 1. The summed E-state index contributed by atoms with van der Waals surface area (Å²) in [6, 6.07) is 12.0. The second-order valence-corrected chi connectivity index (χ2v) is 6.33. The third kappa shape index (κ3) is 3.04. The number of hydrogen-bond donors (Lipinski definition) is 1. The van der Waals surface area contributed by atoms with Gasteiger partial charge in [0, 0.05) is 11.8 Å². The van der Waals surface area contributed by atoms with Crippen molar-refractivity contribution in [2.24, 2.45) is 0 Å². The number of aryl methyl sites for hydroxylation is 1. The van der Waals surface area contributed by atoms with Gasteiger partial charge in [0.1, 0.15) is 0 Å². The molecule has 1 atom stereocenters. The van der Waals surface area contributed by atoms with Gasteiger partial charge in [-0.3, -0.25) is 19.9 Å². The second-order valence-electron chi connectivity index (χ2n) is 5.15. The number of benzene rings is 1. The SMILES string of the molecule is CCc1ccc(-c2ccccc2CC2SC(=O)NC2=O)nc1. The Labute approximate surface area is 133 Å². The first-order chi connectivity index (χ1) is 10.7. The summed E-state index contributed by atoms with van der Waals surface area (Å²) in [7, 11) is 0. The zero-order valence-electron chi connectivity index (χ0n) is 12.2. The summed E-state index contributed by atoms with van der Waals surface area (Å²) in [5.74, 6) is -0.209. The normalized spacial score (nSPS) is 17.6. The molecule has 1 fully saturated rings. The van der Waals surface area contributed by atoms with Crippen LogP contribution in [0.1, 0.15) is 18.1 Å². The van der Waals surface area contributed by atoms with Crippen LogP contribution in [-0.4, -0.2) is 21.4 Å². The molecule has 2 aromatic rings. The van der Waals surface area contributed by atoms with Crippen molar-refractivity contribution in [3.05, 3.63) is 53.7 Å². The fourth-order valence-electron chi connectivity index (χ4n) is 2.47. The molecule has 0 saturated carbocycles. The Morgan fingerprint density at radius 2 is 2.00 bits per heavy atom. The number of pyridine rings is 1. The molecule has 1 saturated heterocycles. The Morgan fingerprint density at radius 1 is 1.18 bits per heavy atom. The van der Waals surface area contributed by atoms with Gasteiger partial charge in [-0.25, -0.2) is 0 Å². The molecule has 1 N–H and O–H groups in total. The van der Waals surface area contributed by atoms with Gasteiger partial charge in [-0.15, -0.1) is 0 Å². The summed E-state index contributed by atoms with van der Waals surface area (Å²) in [4.78, 5) is 27.6. The Balaban J connectivity index is 1.89. The molecule has 0 aliphatic carbocycles. The van der Waals surface area contributed by atoms with E-state index < -0.39 is 0 Å². The number of aromatic nitrogens is 1. The summed E-state index contributed by atoms with van der Waals surface area (Å²) in [5, 5.41) is 1.71. The number of thioether (sulfide) groups is 1. The summed E-state index contributed by atoms with van der Waals surface area (Å²) in [6.07, 6.45) is 3.36. The van der Waals surface area contributed by atoms with Crippen LogP contribution in [0.4, 0.5) is 4.79 Å². The molecule has 0 radical (unpaired) electrons. The third-order valence-corrected chi connectivity index (χ3v) is 4.68. The quantitative estimate of drug-likeness (QED) is 0.942. The van der Waals surface area contributed by atoms with Crippen LogP contribution in [0.3, 0.4) is 0 Å². The fourth-order valence-corrected chi connectivity index (χ4v) is 3.32. The Hall–Kier alpha value is -2.14. The molecule has 2 heterocycles. The molecule has 1 unspecified atom stereocenters. The van der Waals surface area contributed by atoms with E-state index in [2.05, 4.69) is 23.3 Å². The smallest absolute Gasteiger partial charge is 0.286 e. The molecule has 112 valence electrons. The van der Waals surface area contributed by atoms with E-state index in [1.807, 2.05) is 36.5 Å². The molecule has 2 amide bonds. The molecule has 4 nitrogen and oxygen atoms in total.